The zero-order valence-corrected chi connectivity index (χ0v) is 44.8. The van der Waals surface area contributed by atoms with Crippen LogP contribution in [0.3, 0.4) is 0 Å². The van der Waals surface area contributed by atoms with Gasteiger partial charge < -0.3 is 44.4 Å². The number of aromatic amines is 1. The third kappa shape index (κ3) is 16.9. The molecule has 1 aliphatic heterocycles. The van der Waals surface area contributed by atoms with Crippen molar-refractivity contribution in [3.05, 3.63) is 224 Å². The lowest BCUT2D eigenvalue weighted by Gasteiger charge is -2.17. The summed E-state index contributed by atoms with van der Waals surface area (Å²) in [6.45, 7) is 7.01. The number of halogens is 2. The average Bonchev–Trinajstić information content (AvgIpc) is 3.79. The fraction of sp³-hybridized carbons (Fsp3) is 0.279. The van der Waals surface area contributed by atoms with Gasteiger partial charge >= 0.3 is 5.69 Å². The van der Waals surface area contributed by atoms with Gasteiger partial charge in [-0.05, 0) is 145 Å². The van der Waals surface area contributed by atoms with Gasteiger partial charge in [0.25, 0.3) is 5.56 Å². The van der Waals surface area contributed by atoms with Crippen molar-refractivity contribution in [2.45, 2.75) is 51.5 Å². The van der Waals surface area contributed by atoms with Crippen molar-refractivity contribution < 1.29 is 39.0 Å². The van der Waals surface area contributed by atoms with E-state index in [1.807, 2.05) is 88.9 Å². The Kier molecular flexibility index (Phi) is 23.3. The Bertz CT molecular complexity index is 2910. The van der Waals surface area contributed by atoms with Crippen LogP contribution in [0.2, 0.25) is 0 Å². The third-order valence-corrected chi connectivity index (χ3v) is 12.3. The molecular weight excluding hydrogens is 987 g/mol. The SMILES string of the molecule is CC/C(=C(/c1ccc(OCCN(C)C)cc1)c1cccc(O)c1)c1ccccc1.CC/C(=C(/c1ccc(OCCN(C)C)cc1)c1cccc(O)c1)c1ccccc1.Cl.O=c1[nH]c(=O)n([C@H]2C[C@H](O)[C@@H](CO)O2)cc1F. The Balaban J connectivity index is 0.000000217. The van der Waals surface area contributed by atoms with Gasteiger partial charge in [0.1, 0.15) is 48.5 Å². The molecule has 0 radical (unpaired) electrons. The molecule has 2 heterocycles. The maximum atomic E-state index is 13.0. The van der Waals surface area contributed by atoms with E-state index >= 15 is 0 Å². The molecule has 1 fully saturated rings. The lowest BCUT2D eigenvalue weighted by Crippen LogP contribution is -2.34. The van der Waals surface area contributed by atoms with Crippen LogP contribution in [0.1, 0.15) is 72.7 Å². The van der Waals surface area contributed by atoms with Crippen LogP contribution in [-0.2, 0) is 4.74 Å². The summed E-state index contributed by atoms with van der Waals surface area (Å²) in [4.78, 5) is 28.2. The largest absolute Gasteiger partial charge is 0.508 e. The van der Waals surface area contributed by atoms with Crippen LogP contribution in [0.15, 0.2) is 174 Å². The highest BCUT2D eigenvalue weighted by atomic mass is 35.5. The lowest BCUT2D eigenvalue weighted by molar-refractivity contribution is -0.0462. The fourth-order valence-corrected chi connectivity index (χ4v) is 8.53. The van der Waals surface area contributed by atoms with Gasteiger partial charge in [-0.15, -0.1) is 12.4 Å². The number of benzene rings is 6. The predicted molar refractivity (Wildman–Crippen MR) is 303 cm³/mol. The topological polar surface area (TPSA) is 170 Å². The Morgan fingerprint density at radius 3 is 1.42 bits per heavy atom. The smallest absolute Gasteiger partial charge is 0.330 e. The van der Waals surface area contributed by atoms with Gasteiger partial charge in [-0.25, -0.2) is 4.79 Å². The van der Waals surface area contributed by atoms with Crippen LogP contribution in [0.4, 0.5) is 4.39 Å². The molecule has 0 unspecified atom stereocenters. The first-order valence-electron chi connectivity index (χ1n) is 25.1. The Morgan fingerprint density at radius 2 is 1.05 bits per heavy atom. The molecule has 76 heavy (non-hydrogen) atoms. The minimum absolute atomic E-state index is 0. The first kappa shape index (κ1) is 59.6. The molecule has 0 spiro atoms. The number of rotatable bonds is 18. The van der Waals surface area contributed by atoms with Gasteiger partial charge in [0.05, 0.1) is 18.9 Å². The van der Waals surface area contributed by atoms with Crippen LogP contribution in [0.25, 0.3) is 22.3 Å². The minimum atomic E-state index is -1.12. The number of phenolic OH excluding ortho intramolecular Hbond substituents is 2. The number of aliphatic hydroxyl groups is 2. The molecule has 5 N–H and O–H groups in total. The normalized spacial score (nSPS) is 15.5. The first-order chi connectivity index (χ1) is 36.2. The molecule has 1 aliphatic rings. The molecule has 402 valence electrons. The summed E-state index contributed by atoms with van der Waals surface area (Å²) >= 11 is 0. The summed E-state index contributed by atoms with van der Waals surface area (Å²) in [5, 5.41) is 38.5. The van der Waals surface area contributed by atoms with E-state index in [1.165, 1.54) is 22.3 Å². The van der Waals surface area contributed by atoms with Crippen LogP contribution in [0.5, 0.6) is 23.0 Å². The number of hydrogen-bond donors (Lipinski definition) is 5. The molecule has 6 aromatic carbocycles. The van der Waals surface area contributed by atoms with E-state index in [-0.39, 0.29) is 30.3 Å². The fourth-order valence-electron chi connectivity index (χ4n) is 8.53. The number of aromatic hydroxyl groups is 2. The Morgan fingerprint density at radius 1 is 0.632 bits per heavy atom. The van der Waals surface area contributed by atoms with E-state index in [0.29, 0.717) is 13.2 Å². The van der Waals surface area contributed by atoms with Crippen LogP contribution >= 0.6 is 12.4 Å². The molecule has 8 rings (SSSR count). The number of ether oxygens (including phenoxy) is 3. The number of likely N-dealkylation sites (N-methyl/N-ethyl adjacent to an activating group) is 2. The van der Waals surface area contributed by atoms with Crippen molar-refractivity contribution in [2.24, 2.45) is 0 Å². The van der Waals surface area contributed by atoms with Gasteiger partial charge in [-0.2, -0.15) is 4.39 Å². The summed E-state index contributed by atoms with van der Waals surface area (Å²) in [6.07, 6.45) is -0.129. The van der Waals surface area contributed by atoms with Gasteiger partial charge in [0.2, 0.25) is 5.82 Å². The third-order valence-electron chi connectivity index (χ3n) is 12.3. The number of nitrogens with one attached hydrogen (secondary N) is 1. The van der Waals surface area contributed by atoms with E-state index < -0.39 is 42.1 Å². The number of allylic oxidation sites excluding steroid dienone is 2. The van der Waals surface area contributed by atoms with E-state index in [2.05, 4.69) is 109 Å². The summed E-state index contributed by atoms with van der Waals surface area (Å²) in [6, 6.07) is 52.3. The molecule has 0 saturated carbocycles. The van der Waals surface area contributed by atoms with E-state index in [4.69, 9.17) is 19.3 Å². The number of phenols is 2. The Labute approximate surface area is 450 Å². The van der Waals surface area contributed by atoms with E-state index in [0.717, 1.165) is 81.6 Å². The number of H-pyrrole nitrogens is 1. The van der Waals surface area contributed by atoms with Crippen molar-refractivity contribution in [1.29, 1.82) is 0 Å². The highest BCUT2D eigenvalue weighted by Gasteiger charge is 2.35. The second kappa shape index (κ2) is 29.7. The zero-order valence-electron chi connectivity index (χ0n) is 43.9. The summed E-state index contributed by atoms with van der Waals surface area (Å²) < 4.78 is 30.7. The number of aromatic nitrogens is 2. The molecule has 3 atom stereocenters. The summed E-state index contributed by atoms with van der Waals surface area (Å²) in [7, 11) is 8.15. The second-order valence-electron chi connectivity index (χ2n) is 18.4. The highest BCUT2D eigenvalue weighted by molar-refractivity contribution is 5.99. The van der Waals surface area contributed by atoms with Gasteiger partial charge in [0.15, 0.2) is 0 Å². The van der Waals surface area contributed by atoms with Crippen LogP contribution in [0, 0.1) is 5.82 Å². The molecule has 7 aromatic rings. The predicted octanol–water partition coefficient (Wildman–Crippen LogP) is 10.1. The monoisotopic (exact) mass is 1060 g/mol. The number of nitrogens with zero attached hydrogens (tertiary/aromatic N) is 3. The molecule has 0 aliphatic carbocycles. The molecule has 15 heteroatoms. The number of aliphatic hydroxyl groups excluding tert-OH is 2. The van der Waals surface area contributed by atoms with E-state index in [1.54, 1.807) is 17.1 Å². The molecule has 1 saturated heterocycles. The molecule has 0 bridgehead atoms. The minimum Gasteiger partial charge on any atom is -0.508 e. The Hall–Kier alpha value is -7.30. The lowest BCUT2D eigenvalue weighted by atomic mass is 9.88. The maximum absolute atomic E-state index is 13.0. The average molecular weight is 1060 g/mol. The van der Waals surface area contributed by atoms with E-state index in [9.17, 15) is 29.3 Å². The zero-order chi connectivity index (χ0) is 53.9. The van der Waals surface area contributed by atoms with Crippen molar-refractivity contribution in [3.8, 4) is 23.0 Å². The first-order valence-corrected chi connectivity index (χ1v) is 25.1. The van der Waals surface area contributed by atoms with Crippen molar-refractivity contribution in [3.63, 3.8) is 0 Å². The van der Waals surface area contributed by atoms with Gasteiger partial charge in [-0.3, -0.25) is 14.3 Å². The second-order valence-corrected chi connectivity index (χ2v) is 18.4. The van der Waals surface area contributed by atoms with Gasteiger partial charge in [0, 0.05) is 19.5 Å². The standard InChI is InChI=1S/2C26H29NO2.C9H11FN2O5.ClH/c2*1-4-25(20-9-6-5-7-10-20)26(22-11-8-12-23(28)19-22)21-13-15-24(16-14-21)29-18-17-27(2)3;10-4-2-12(9(16)11-8(4)15)7-1-5(14)6(3-13)17-7;/h2*5-16,19,28H,4,17-18H2,1-3H3;2,5-7,13-14H,1,3H2,(H,11,15,16);1H/b2*26-25+;;/t;;5-,6+,7+;/m..0./s1. The summed E-state index contributed by atoms with van der Waals surface area (Å²) in [5.41, 5.74) is 9.44. The molecular formula is C61H70ClFN4O9. The number of hydrogen-bond acceptors (Lipinski definition) is 11. The van der Waals surface area contributed by atoms with Crippen LogP contribution < -0.4 is 20.7 Å². The molecule has 13 nitrogen and oxygen atoms in total. The van der Waals surface area contributed by atoms with Crippen LogP contribution in [-0.4, -0.2) is 113 Å². The quantitative estimate of drug-likeness (QED) is 0.0519. The summed E-state index contributed by atoms with van der Waals surface area (Å²) in [5.74, 6) is 1.15. The van der Waals surface area contributed by atoms with Crippen molar-refractivity contribution in [1.82, 2.24) is 19.4 Å². The van der Waals surface area contributed by atoms with Crippen molar-refractivity contribution in [2.75, 3.05) is 61.1 Å². The molecule has 0 amide bonds. The van der Waals surface area contributed by atoms with Gasteiger partial charge in [-0.1, -0.05) is 123 Å². The maximum Gasteiger partial charge on any atom is 0.330 e. The molecule has 1 aromatic heterocycles. The highest BCUT2D eigenvalue weighted by Crippen LogP contribution is 2.38. The van der Waals surface area contributed by atoms with Crippen molar-refractivity contribution >= 4 is 34.7 Å².